The molecule has 1 unspecified atom stereocenters. The summed E-state index contributed by atoms with van der Waals surface area (Å²) in [5, 5.41) is 4.14. The van der Waals surface area contributed by atoms with Crippen LogP contribution < -0.4 is 14.8 Å². The highest BCUT2D eigenvalue weighted by molar-refractivity contribution is 7.90. The molecule has 5 aromatic rings. The van der Waals surface area contributed by atoms with E-state index in [0.717, 1.165) is 46.7 Å². The number of para-hydroxylation sites is 1. The van der Waals surface area contributed by atoms with E-state index in [4.69, 9.17) is 9.47 Å². The summed E-state index contributed by atoms with van der Waals surface area (Å²) in [6.07, 6.45) is 1.77. The number of fused-ring (bicyclic) bond motifs is 1. The maximum Gasteiger partial charge on any atom is 0.268 e. The third-order valence-electron chi connectivity index (χ3n) is 6.78. The van der Waals surface area contributed by atoms with Gasteiger partial charge in [-0.3, -0.25) is 0 Å². The lowest BCUT2D eigenvalue weighted by molar-refractivity contribution is 0.315. The fourth-order valence-electron chi connectivity index (χ4n) is 4.83. The van der Waals surface area contributed by atoms with Gasteiger partial charge in [0.1, 0.15) is 18.1 Å². The van der Waals surface area contributed by atoms with Gasteiger partial charge in [-0.25, -0.2) is 12.4 Å². The van der Waals surface area contributed by atoms with Gasteiger partial charge >= 0.3 is 0 Å². The molecule has 1 N–H and O–H groups in total. The number of hydrogen-bond donors (Lipinski definition) is 1. The molecule has 4 aromatic carbocycles. The minimum Gasteiger partial charge on any atom is -0.497 e. The molecule has 0 spiro atoms. The Labute approximate surface area is 229 Å². The SMILES string of the molecule is CCNCCOc1ccc(C(c2ccc(OC)cc2)c2cn(S(=O)(=O)c3ccccc3)c3ccccc23)cc1. The number of likely N-dealkylation sites (N-methyl/N-ethyl adjacent to an activating group) is 1. The van der Waals surface area contributed by atoms with Gasteiger partial charge in [0.2, 0.25) is 0 Å². The second kappa shape index (κ2) is 11.8. The Morgan fingerprint density at radius 2 is 1.41 bits per heavy atom. The molecule has 0 aliphatic carbocycles. The molecule has 5 rings (SSSR count). The fourth-order valence-corrected chi connectivity index (χ4v) is 6.23. The van der Waals surface area contributed by atoms with Crippen molar-refractivity contribution in [1.82, 2.24) is 9.29 Å². The van der Waals surface area contributed by atoms with E-state index in [-0.39, 0.29) is 10.8 Å². The molecule has 0 aliphatic heterocycles. The van der Waals surface area contributed by atoms with Crippen molar-refractivity contribution in [2.45, 2.75) is 17.7 Å². The maximum atomic E-state index is 13.8. The van der Waals surface area contributed by atoms with Crippen molar-refractivity contribution in [2.75, 3.05) is 26.8 Å². The van der Waals surface area contributed by atoms with Crippen LogP contribution in [0.2, 0.25) is 0 Å². The lowest BCUT2D eigenvalue weighted by Crippen LogP contribution is -2.20. The van der Waals surface area contributed by atoms with Crippen LogP contribution in [0.3, 0.4) is 0 Å². The summed E-state index contributed by atoms with van der Waals surface area (Å²) in [4.78, 5) is 0.248. The number of nitrogens with zero attached hydrogens (tertiary/aromatic N) is 1. The van der Waals surface area contributed by atoms with E-state index in [2.05, 4.69) is 24.4 Å². The third-order valence-corrected chi connectivity index (χ3v) is 8.47. The zero-order chi connectivity index (χ0) is 27.2. The van der Waals surface area contributed by atoms with Crippen molar-refractivity contribution in [1.29, 1.82) is 0 Å². The number of nitrogens with one attached hydrogen (secondary N) is 1. The second-order valence-corrected chi connectivity index (χ2v) is 11.0. The van der Waals surface area contributed by atoms with E-state index in [1.54, 1.807) is 37.6 Å². The highest BCUT2D eigenvalue weighted by atomic mass is 32.2. The molecule has 1 heterocycles. The molecule has 1 aromatic heterocycles. The van der Waals surface area contributed by atoms with Gasteiger partial charge in [0, 0.05) is 24.0 Å². The van der Waals surface area contributed by atoms with Gasteiger partial charge in [0.05, 0.1) is 17.5 Å². The molecule has 6 nitrogen and oxygen atoms in total. The highest BCUT2D eigenvalue weighted by Crippen LogP contribution is 2.39. The Morgan fingerprint density at radius 3 is 2.05 bits per heavy atom. The van der Waals surface area contributed by atoms with Crippen LogP contribution in [-0.2, 0) is 10.0 Å². The molecule has 0 bridgehead atoms. The van der Waals surface area contributed by atoms with Gasteiger partial charge < -0.3 is 14.8 Å². The number of aromatic nitrogens is 1. The summed E-state index contributed by atoms with van der Waals surface area (Å²) >= 11 is 0. The molecule has 0 fully saturated rings. The van der Waals surface area contributed by atoms with E-state index in [9.17, 15) is 8.42 Å². The number of benzene rings is 4. The number of rotatable bonds is 11. The van der Waals surface area contributed by atoms with Crippen LogP contribution >= 0.6 is 0 Å². The summed E-state index contributed by atoms with van der Waals surface area (Å²) < 4.78 is 40.2. The van der Waals surface area contributed by atoms with Crippen molar-refractivity contribution in [3.05, 3.63) is 126 Å². The van der Waals surface area contributed by atoms with Crippen molar-refractivity contribution < 1.29 is 17.9 Å². The zero-order valence-corrected chi connectivity index (χ0v) is 22.9. The first kappa shape index (κ1) is 26.5. The normalized spacial score (nSPS) is 12.4. The van der Waals surface area contributed by atoms with Crippen LogP contribution in [-0.4, -0.2) is 39.2 Å². The summed E-state index contributed by atoms with van der Waals surface area (Å²) in [6, 6.07) is 32.1. The first-order valence-electron chi connectivity index (χ1n) is 13.0. The highest BCUT2D eigenvalue weighted by Gasteiger charge is 2.26. The smallest absolute Gasteiger partial charge is 0.268 e. The Hall–Kier alpha value is -4.07. The molecule has 39 heavy (non-hydrogen) atoms. The molecule has 0 amide bonds. The van der Waals surface area contributed by atoms with Gasteiger partial charge in [-0.15, -0.1) is 0 Å². The Kier molecular flexibility index (Phi) is 8.00. The monoisotopic (exact) mass is 540 g/mol. The molecule has 0 aliphatic rings. The van der Waals surface area contributed by atoms with Crippen LogP contribution in [0.5, 0.6) is 11.5 Å². The average molecular weight is 541 g/mol. The van der Waals surface area contributed by atoms with Crippen LogP contribution in [0.15, 0.2) is 114 Å². The predicted octanol–water partition coefficient (Wildman–Crippen LogP) is 6.06. The number of hydrogen-bond acceptors (Lipinski definition) is 5. The van der Waals surface area contributed by atoms with Crippen LogP contribution in [0.4, 0.5) is 0 Å². The van der Waals surface area contributed by atoms with E-state index in [0.29, 0.717) is 12.1 Å². The molecular weight excluding hydrogens is 508 g/mol. The van der Waals surface area contributed by atoms with Crippen molar-refractivity contribution in [3.8, 4) is 11.5 Å². The van der Waals surface area contributed by atoms with Crippen LogP contribution in [0, 0.1) is 0 Å². The van der Waals surface area contributed by atoms with Gasteiger partial charge in [-0.2, -0.15) is 0 Å². The van der Waals surface area contributed by atoms with Crippen molar-refractivity contribution in [2.24, 2.45) is 0 Å². The molecule has 1 atom stereocenters. The van der Waals surface area contributed by atoms with Gasteiger partial charge in [-0.1, -0.05) is 67.6 Å². The molecule has 7 heteroatoms. The van der Waals surface area contributed by atoms with E-state index in [1.165, 1.54) is 3.97 Å². The Balaban J connectivity index is 1.63. The molecule has 0 saturated heterocycles. The van der Waals surface area contributed by atoms with Gasteiger partial charge in [0.15, 0.2) is 0 Å². The third kappa shape index (κ3) is 5.55. The number of methoxy groups -OCH3 is 1. The Morgan fingerprint density at radius 1 is 0.795 bits per heavy atom. The molecule has 0 radical (unpaired) electrons. The summed E-state index contributed by atoms with van der Waals surface area (Å²) in [5.74, 6) is 1.33. The first-order valence-corrected chi connectivity index (χ1v) is 14.4. The molecule has 0 saturated carbocycles. The lowest BCUT2D eigenvalue weighted by atomic mass is 9.85. The maximum absolute atomic E-state index is 13.8. The second-order valence-electron chi connectivity index (χ2n) is 9.19. The minimum absolute atomic E-state index is 0.219. The summed E-state index contributed by atoms with van der Waals surface area (Å²) in [5.41, 5.74) is 3.59. The lowest BCUT2D eigenvalue weighted by Gasteiger charge is -2.19. The fraction of sp³-hybridized carbons (Fsp3) is 0.188. The number of ether oxygens (including phenoxy) is 2. The van der Waals surface area contributed by atoms with Gasteiger partial charge in [0.25, 0.3) is 10.0 Å². The quantitative estimate of drug-likeness (QED) is 0.206. The largest absolute Gasteiger partial charge is 0.497 e. The first-order chi connectivity index (χ1) is 19.0. The molecular formula is C32H32N2O4S. The minimum atomic E-state index is -3.80. The van der Waals surface area contributed by atoms with Crippen molar-refractivity contribution in [3.63, 3.8) is 0 Å². The topological polar surface area (TPSA) is 69.6 Å². The molecule has 200 valence electrons. The van der Waals surface area contributed by atoms with Gasteiger partial charge in [-0.05, 0) is 65.7 Å². The van der Waals surface area contributed by atoms with Crippen LogP contribution in [0.1, 0.15) is 29.5 Å². The van der Waals surface area contributed by atoms with Crippen LogP contribution in [0.25, 0.3) is 10.9 Å². The van der Waals surface area contributed by atoms with E-state index < -0.39 is 10.0 Å². The summed E-state index contributed by atoms with van der Waals surface area (Å²) in [7, 11) is -2.16. The standard InChI is InChI=1S/C32H32N2O4S/c1-3-33-21-22-38-27-19-15-25(16-20-27)32(24-13-17-26(37-2)18-14-24)30-23-34(31-12-8-7-11-29(30)31)39(35,36)28-9-5-4-6-10-28/h4-20,23,32-33H,3,21-22H2,1-2H3. The summed E-state index contributed by atoms with van der Waals surface area (Å²) in [6.45, 7) is 4.33. The predicted molar refractivity (Wildman–Crippen MR) is 155 cm³/mol. The van der Waals surface area contributed by atoms with Crippen molar-refractivity contribution >= 4 is 20.9 Å². The van der Waals surface area contributed by atoms with E-state index in [1.807, 2.05) is 66.7 Å². The average Bonchev–Trinajstić information content (AvgIpc) is 3.37. The van der Waals surface area contributed by atoms with E-state index >= 15 is 0 Å². The Bertz CT molecular complexity index is 1630. The zero-order valence-electron chi connectivity index (χ0n) is 22.1.